The van der Waals surface area contributed by atoms with Crippen LogP contribution in [0.1, 0.15) is 39.5 Å². The monoisotopic (exact) mass is 547 g/mol. The molecule has 0 fully saturated rings. The molecule has 0 spiro atoms. The van der Waals surface area contributed by atoms with Gasteiger partial charge in [-0.1, -0.05) is 0 Å². The molecule has 13 N–H and O–H groups in total. The van der Waals surface area contributed by atoms with Crippen LogP contribution in [0.25, 0.3) is 0 Å². The summed E-state index contributed by atoms with van der Waals surface area (Å²) < 4.78 is 0. The lowest BCUT2D eigenvalue weighted by atomic mass is 10.1. The second-order valence-corrected chi connectivity index (χ2v) is 8.30. The molecule has 0 aliphatic heterocycles. The lowest BCUT2D eigenvalue weighted by Crippen LogP contribution is -2.60. The van der Waals surface area contributed by atoms with E-state index in [4.69, 9.17) is 27.4 Å². The van der Waals surface area contributed by atoms with Gasteiger partial charge in [0.15, 0.2) is 0 Å². The number of aliphatic carboxylic acids is 2. The van der Waals surface area contributed by atoms with Crippen LogP contribution in [0.4, 0.5) is 0 Å². The maximum atomic E-state index is 12.7. The van der Waals surface area contributed by atoms with Crippen LogP contribution in [0.5, 0.6) is 0 Å². The highest BCUT2D eigenvalue weighted by molar-refractivity contribution is 5.97. The molecule has 0 aromatic carbocycles. The first-order valence-corrected chi connectivity index (χ1v) is 11.1. The maximum Gasteiger partial charge on any atom is 0.326 e. The third-order valence-electron chi connectivity index (χ3n) is 4.88. The minimum atomic E-state index is -1.80. The fourth-order valence-corrected chi connectivity index (χ4v) is 2.82. The lowest BCUT2D eigenvalue weighted by molar-refractivity contribution is -0.147. The largest absolute Gasteiger partial charge is 0.481 e. The van der Waals surface area contributed by atoms with Gasteiger partial charge in [0.25, 0.3) is 0 Å². The molecule has 0 heterocycles. The van der Waals surface area contributed by atoms with Gasteiger partial charge in [0.05, 0.1) is 25.0 Å². The standard InChI is InChI=1S/C20H33N7O11/c1-7(16(33)26-11(20(37)38)6-14(31)32)24-18(35)10(5-13(23)30)25-19(36)15(8(2)28)27-17(34)9(21)3-4-12(22)29/h7-11,15,28H,3-6,21H2,1-2H3,(H2,22,29)(H2,23,30)(H,24,35)(H,25,36)(H,26,33)(H,27,34)(H,31,32)(H,37,38)/t7-,8+,9-,10-,11-,15-/m0/s1. The Hall–Kier alpha value is -4.32. The van der Waals surface area contributed by atoms with Crippen LogP contribution in [-0.4, -0.2) is 99.0 Å². The molecule has 0 aromatic rings. The summed E-state index contributed by atoms with van der Waals surface area (Å²) in [7, 11) is 0. The third-order valence-corrected chi connectivity index (χ3v) is 4.88. The van der Waals surface area contributed by atoms with Crippen molar-refractivity contribution in [3.05, 3.63) is 0 Å². The summed E-state index contributed by atoms with van der Waals surface area (Å²) in [6.07, 6.45) is -3.62. The Labute approximate surface area is 216 Å². The molecule has 18 heteroatoms. The highest BCUT2D eigenvalue weighted by Crippen LogP contribution is 2.02. The minimum Gasteiger partial charge on any atom is -0.481 e. The molecule has 6 amide bonds. The lowest BCUT2D eigenvalue weighted by Gasteiger charge is -2.26. The summed E-state index contributed by atoms with van der Waals surface area (Å²) >= 11 is 0. The number of carbonyl (C=O) groups is 8. The van der Waals surface area contributed by atoms with Crippen molar-refractivity contribution in [1.29, 1.82) is 0 Å². The second kappa shape index (κ2) is 15.7. The zero-order valence-corrected chi connectivity index (χ0v) is 20.6. The van der Waals surface area contributed by atoms with Gasteiger partial charge in [-0.15, -0.1) is 0 Å². The van der Waals surface area contributed by atoms with Gasteiger partial charge in [-0.2, -0.15) is 0 Å². The Morgan fingerprint density at radius 3 is 1.71 bits per heavy atom. The van der Waals surface area contributed by atoms with Gasteiger partial charge in [0.2, 0.25) is 35.4 Å². The van der Waals surface area contributed by atoms with Crippen LogP contribution in [0.3, 0.4) is 0 Å². The fourth-order valence-electron chi connectivity index (χ4n) is 2.82. The smallest absolute Gasteiger partial charge is 0.326 e. The van der Waals surface area contributed by atoms with E-state index in [9.17, 15) is 43.5 Å². The predicted molar refractivity (Wildman–Crippen MR) is 125 cm³/mol. The molecule has 0 unspecified atom stereocenters. The van der Waals surface area contributed by atoms with E-state index in [0.717, 1.165) is 13.8 Å². The van der Waals surface area contributed by atoms with Gasteiger partial charge < -0.3 is 53.8 Å². The number of nitrogens with two attached hydrogens (primary N) is 3. The van der Waals surface area contributed by atoms with Crippen LogP contribution >= 0.6 is 0 Å². The quantitative estimate of drug-likeness (QED) is 0.0814. The van der Waals surface area contributed by atoms with Gasteiger partial charge in [0.1, 0.15) is 24.2 Å². The zero-order valence-electron chi connectivity index (χ0n) is 20.6. The van der Waals surface area contributed by atoms with E-state index in [-0.39, 0.29) is 12.8 Å². The van der Waals surface area contributed by atoms with Crippen molar-refractivity contribution in [2.75, 3.05) is 0 Å². The molecular weight excluding hydrogens is 514 g/mol. The molecule has 18 nitrogen and oxygen atoms in total. The number of hydrogen-bond donors (Lipinski definition) is 10. The number of carboxylic acid groups (broad SMARTS) is 2. The molecule has 6 atom stereocenters. The minimum absolute atomic E-state index is 0.156. The predicted octanol–water partition coefficient (Wildman–Crippen LogP) is -5.65. The van der Waals surface area contributed by atoms with Gasteiger partial charge in [-0.3, -0.25) is 33.6 Å². The first-order valence-electron chi connectivity index (χ1n) is 11.1. The molecule has 0 aliphatic carbocycles. The zero-order chi connectivity index (χ0) is 29.7. The Bertz CT molecular complexity index is 940. The molecule has 0 rings (SSSR count). The molecule has 0 saturated heterocycles. The Morgan fingerprint density at radius 1 is 0.711 bits per heavy atom. The summed E-state index contributed by atoms with van der Waals surface area (Å²) in [6.45, 7) is 2.24. The van der Waals surface area contributed by atoms with Crippen molar-refractivity contribution in [3.8, 4) is 0 Å². The number of aliphatic hydroxyl groups is 1. The summed E-state index contributed by atoms with van der Waals surface area (Å²) in [5.41, 5.74) is 15.7. The average molecular weight is 548 g/mol. The number of nitrogens with one attached hydrogen (secondary N) is 4. The molecule has 38 heavy (non-hydrogen) atoms. The molecular formula is C20H33N7O11. The number of hydrogen-bond acceptors (Lipinski definition) is 10. The van der Waals surface area contributed by atoms with Crippen molar-refractivity contribution >= 4 is 47.4 Å². The van der Waals surface area contributed by atoms with Crippen molar-refractivity contribution < 1.29 is 53.7 Å². The van der Waals surface area contributed by atoms with Gasteiger partial charge in [0, 0.05) is 6.42 Å². The van der Waals surface area contributed by atoms with Crippen molar-refractivity contribution in [1.82, 2.24) is 21.3 Å². The van der Waals surface area contributed by atoms with Crippen LogP contribution in [-0.2, 0) is 38.4 Å². The fraction of sp³-hybridized carbons (Fsp3) is 0.600. The van der Waals surface area contributed by atoms with Crippen LogP contribution in [0, 0.1) is 0 Å². The van der Waals surface area contributed by atoms with E-state index in [0.29, 0.717) is 0 Å². The number of carboxylic acids is 2. The van der Waals surface area contributed by atoms with E-state index in [1.807, 2.05) is 5.32 Å². The Balaban J connectivity index is 5.45. The summed E-state index contributed by atoms with van der Waals surface area (Å²) in [4.78, 5) is 94.1. The van der Waals surface area contributed by atoms with E-state index >= 15 is 0 Å². The second-order valence-electron chi connectivity index (χ2n) is 8.30. The molecule has 0 saturated carbocycles. The number of aliphatic hydroxyl groups excluding tert-OH is 1. The average Bonchev–Trinajstić information content (AvgIpc) is 2.78. The van der Waals surface area contributed by atoms with Gasteiger partial charge >= 0.3 is 11.9 Å². The van der Waals surface area contributed by atoms with Crippen molar-refractivity contribution in [2.24, 2.45) is 17.2 Å². The molecule has 214 valence electrons. The van der Waals surface area contributed by atoms with E-state index in [1.54, 1.807) is 0 Å². The van der Waals surface area contributed by atoms with Crippen molar-refractivity contribution in [3.63, 3.8) is 0 Å². The molecule has 0 radical (unpaired) electrons. The third kappa shape index (κ3) is 12.6. The topological polar surface area (TPSA) is 323 Å². The highest BCUT2D eigenvalue weighted by atomic mass is 16.4. The van der Waals surface area contributed by atoms with Crippen LogP contribution in [0.15, 0.2) is 0 Å². The number of primary amides is 2. The summed E-state index contributed by atoms with van der Waals surface area (Å²) in [5.74, 6) is -9.20. The molecule has 0 bridgehead atoms. The van der Waals surface area contributed by atoms with Crippen molar-refractivity contribution in [2.45, 2.75) is 75.8 Å². The molecule has 0 aliphatic rings. The normalized spacial score (nSPS) is 15.4. The van der Waals surface area contributed by atoms with Crippen LogP contribution < -0.4 is 38.5 Å². The first kappa shape index (κ1) is 33.7. The van der Waals surface area contributed by atoms with Gasteiger partial charge in [-0.05, 0) is 20.3 Å². The van der Waals surface area contributed by atoms with Gasteiger partial charge in [-0.25, -0.2) is 4.79 Å². The van der Waals surface area contributed by atoms with E-state index in [1.165, 1.54) is 0 Å². The maximum absolute atomic E-state index is 12.7. The van der Waals surface area contributed by atoms with Crippen LogP contribution in [0.2, 0.25) is 0 Å². The number of carbonyl (C=O) groups excluding carboxylic acids is 6. The number of amides is 6. The summed E-state index contributed by atoms with van der Waals surface area (Å²) in [5, 5.41) is 36.0. The summed E-state index contributed by atoms with van der Waals surface area (Å²) in [6, 6.07) is -7.90. The SMILES string of the molecule is C[C@H](NC(=O)[C@H](CC(N)=O)NC(=O)[C@@H](NC(=O)[C@@H](N)CCC(N)=O)[C@@H](C)O)C(=O)N[C@@H](CC(=O)O)C(=O)O. The number of rotatable bonds is 17. The Morgan fingerprint density at radius 2 is 1.26 bits per heavy atom. The van der Waals surface area contributed by atoms with E-state index in [2.05, 4.69) is 16.0 Å². The highest BCUT2D eigenvalue weighted by Gasteiger charge is 2.33. The van der Waals surface area contributed by atoms with E-state index < -0.39 is 96.5 Å². The first-order chi connectivity index (χ1) is 17.5. The molecule has 0 aromatic heterocycles. The Kier molecular flexibility index (Phi) is 13.9.